The predicted molar refractivity (Wildman–Crippen MR) is 101 cm³/mol. The van der Waals surface area contributed by atoms with Gasteiger partial charge in [0.25, 0.3) is 5.91 Å². The summed E-state index contributed by atoms with van der Waals surface area (Å²) in [6.07, 6.45) is 2.06. The Balaban J connectivity index is 1.59. The second kappa shape index (κ2) is 7.79. The van der Waals surface area contributed by atoms with E-state index in [2.05, 4.69) is 31.2 Å². The Hall–Kier alpha value is -2.52. The van der Waals surface area contributed by atoms with Crippen LogP contribution in [-0.2, 0) is 11.2 Å². The minimum absolute atomic E-state index is 0.142. The third kappa shape index (κ3) is 4.36. The first kappa shape index (κ1) is 18.3. The number of nitrogens with two attached hydrogens (primary N) is 1. The lowest BCUT2D eigenvalue weighted by molar-refractivity contribution is -0.116. The van der Waals surface area contributed by atoms with Crippen molar-refractivity contribution < 1.29 is 14.0 Å². The highest BCUT2D eigenvalue weighted by atomic mass is 79.9. The first-order valence-electron chi connectivity index (χ1n) is 7.60. The average molecular weight is 437 g/mol. The molecular weight excluding hydrogens is 423 g/mol. The van der Waals surface area contributed by atoms with Crippen LogP contribution in [0.15, 0.2) is 40.3 Å². The van der Waals surface area contributed by atoms with Crippen LogP contribution >= 0.6 is 27.3 Å². The number of aromatic amines is 1. The van der Waals surface area contributed by atoms with Crippen LogP contribution in [0.25, 0.3) is 11.3 Å². The van der Waals surface area contributed by atoms with Crippen molar-refractivity contribution in [1.29, 1.82) is 0 Å². The van der Waals surface area contributed by atoms with Gasteiger partial charge in [-0.15, -0.1) is 11.3 Å². The molecule has 0 spiro atoms. The zero-order chi connectivity index (χ0) is 18.7. The van der Waals surface area contributed by atoms with E-state index in [0.29, 0.717) is 32.8 Å². The molecule has 134 valence electrons. The molecule has 0 bridgehead atoms. The summed E-state index contributed by atoms with van der Waals surface area (Å²) in [4.78, 5) is 30.3. The minimum Gasteiger partial charge on any atom is -0.364 e. The summed E-state index contributed by atoms with van der Waals surface area (Å²) in [5, 5.41) is 4.89. The third-order valence-electron chi connectivity index (χ3n) is 3.63. The minimum atomic E-state index is -0.555. The highest BCUT2D eigenvalue weighted by molar-refractivity contribution is 9.10. The van der Waals surface area contributed by atoms with Crippen molar-refractivity contribution in [3.8, 4) is 11.3 Å². The van der Waals surface area contributed by atoms with Crippen molar-refractivity contribution in [3.63, 3.8) is 0 Å². The van der Waals surface area contributed by atoms with E-state index in [0.717, 1.165) is 0 Å². The van der Waals surface area contributed by atoms with Gasteiger partial charge in [-0.3, -0.25) is 9.59 Å². The molecule has 0 aliphatic heterocycles. The predicted octanol–water partition coefficient (Wildman–Crippen LogP) is 3.71. The molecule has 0 fully saturated rings. The number of rotatable bonds is 6. The number of primary amides is 1. The van der Waals surface area contributed by atoms with Crippen LogP contribution in [0, 0.1) is 5.82 Å². The maximum absolute atomic E-state index is 13.8. The number of hydrogen-bond donors (Lipinski definition) is 3. The molecule has 2 aromatic heterocycles. The van der Waals surface area contributed by atoms with Crippen molar-refractivity contribution in [2.24, 2.45) is 5.73 Å². The van der Waals surface area contributed by atoms with Gasteiger partial charge in [0.15, 0.2) is 5.13 Å². The van der Waals surface area contributed by atoms with Crippen molar-refractivity contribution in [2.75, 3.05) is 5.32 Å². The number of hydrogen-bond acceptors (Lipinski definition) is 4. The van der Waals surface area contributed by atoms with E-state index in [1.54, 1.807) is 29.8 Å². The van der Waals surface area contributed by atoms with Crippen LogP contribution < -0.4 is 11.1 Å². The summed E-state index contributed by atoms with van der Waals surface area (Å²) >= 11 is 4.46. The Kier molecular flexibility index (Phi) is 5.48. The molecule has 0 saturated carbocycles. The smallest absolute Gasteiger partial charge is 0.265 e. The number of nitrogens with zero attached hydrogens (tertiary/aromatic N) is 1. The highest BCUT2D eigenvalue weighted by Gasteiger charge is 2.12. The van der Waals surface area contributed by atoms with Crippen LogP contribution in [0.3, 0.4) is 0 Å². The van der Waals surface area contributed by atoms with Crippen molar-refractivity contribution in [2.45, 2.75) is 12.8 Å². The fraction of sp³-hybridized carbons (Fsp3) is 0.118. The standard InChI is InChI=1S/C17H14BrFN4O2S/c18-11-3-1-9(12(19)6-11)2-4-15(24)23-17-22-14(8-26-17)10-5-13(16(20)25)21-7-10/h1,3,5-8,21H,2,4H2,(H2,20,25)(H,22,23,24). The number of H-pyrrole nitrogens is 1. The molecule has 0 unspecified atom stereocenters. The maximum Gasteiger partial charge on any atom is 0.265 e. The van der Waals surface area contributed by atoms with Crippen LogP contribution in [0.2, 0.25) is 0 Å². The molecule has 6 nitrogen and oxygen atoms in total. The highest BCUT2D eigenvalue weighted by Crippen LogP contribution is 2.25. The maximum atomic E-state index is 13.8. The molecule has 1 aromatic carbocycles. The summed E-state index contributed by atoms with van der Waals surface area (Å²) < 4.78 is 14.4. The Labute approximate surface area is 160 Å². The summed E-state index contributed by atoms with van der Waals surface area (Å²) in [7, 11) is 0. The Morgan fingerprint density at radius 2 is 2.15 bits per heavy atom. The largest absolute Gasteiger partial charge is 0.364 e. The fourth-order valence-corrected chi connectivity index (χ4v) is 3.37. The first-order valence-corrected chi connectivity index (χ1v) is 9.27. The fourth-order valence-electron chi connectivity index (χ4n) is 2.30. The molecule has 26 heavy (non-hydrogen) atoms. The van der Waals surface area contributed by atoms with E-state index >= 15 is 0 Å². The van der Waals surface area contributed by atoms with Gasteiger partial charge in [0.2, 0.25) is 5.91 Å². The zero-order valence-electron chi connectivity index (χ0n) is 13.4. The van der Waals surface area contributed by atoms with E-state index in [9.17, 15) is 14.0 Å². The monoisotopic (exact) mass is 436 g/mol. The molecule has 2 heterocycles. The molecule has 0 saturated heterocycles. The lowest BCUT2D eigenvalue weighted by Gasteiger charge is -2.04. The van der Waals surface area contributed by atoms with E-state index in [4.69, 9.17) is 5.73 Å². The molecule has 2 amide bonds. The molecule has 0 aliphatic carbocycles. The van der Waals surface area contributed by atoms with Crippen LogP contribution in [0.1, 0.15) is 22.5 Å². The number of anilines is 1. The third-order valence-corrected chi connectivity index (χ3v) is 4.88. The van der Waals surface area contributed by atoms with Crippen LogP contribution in [-0.4, -0.2) is 21.8 Å². The number of thiazole rings is 1. The number of carbonyl (C=O) groups is 2. The first-order chi connectivity index (χ1) is 12.4. The molecule has 3 rings (SSSR count). The van der Waals surface area contributed by atoms with Gasteiger partial charge in [-0.25, -0.2) is 9.37 Å². The average Bonchev–Trinajstić information content (AvgIpc) is 3.23. The van der Waals surface area contributed by atoms with Gasteiger partial charge in [-0.05, 0) is 30.2 Å². The molecule has 4 N–H and O–H groups in total. The van der Waals surface area contributed by atoms with E-state index < -0.39 is 5.91 Å². The van der Waals surface area contributed by atoms with Gasteiger partial charge in [-0.2, -0.15) is 0 Å². The molecular formula is C17H14BrFN4O2S. The van der Waals surface area contributed by atoms with Crippen molar-refractivity contribution in [1.82, 2.24) is 9.97 Å². The summed E-state index contributed by atoms with van der Waals surface area (Å²) in [6, 6.07) is 6.36. The normalized spacial score (nSPS) is 10.7. The second-order valence-electron chi connectivity index (χ2n) is 5.49. The van der Waals surface area contributed by atoms with E-state index in [1.807, 2.05) is 0 Å². The molecule has 0 aliphatic rings. The lowest BCUT2D eigenvalue weighted by atomic mass is 10.1. The SMILES string of the molecule is NC(=O)c1cc(-c2csc(NC(=O)CCc3ccc(Br)cc3F)n2)c[nH]1. The Bertz CT molecular complexity index is 969. The van der Waals surface area contributed by atoms with Gasteiger partial charge < -0.3 is 16.0 Å². The Morgan fingerprint density at radius 1 is 1.35 bits per heavy atom. The number of nitrogens with one attached hydrogen (secondary N) is 2. The van der Waals surface area contributed by atoms with Gasteiger partial charge >= 0.3 is 0 Å². The summed E-state index contributed by atoms with van der Waals surface area (Å²) in [5.74, 6) is -1.15. The second-order valence-corrected chi connectivity index (χ2v) is 7.26. The molecule has 9 heteroatoms. The lowest BCUT2D eigenvalue weighted by Crippen LogP contribution is -2.12. The van der Waals surface area contributed by atoms with Crippen molar-refractivity contribution in [3.05, 3.63) is 57.4 Å². The zero-order valence-corrected chi connectivity index (χ0v) is 15.8. The topological polar surface area (TPSA) is 101 Å². The number of aromatic nitrogens is 2. The Morgan fingerprint density at radius 3 is 2.85 bits per heavy atom. The number of amides is 2. The van der Waals surface area contributed by atoms with Crippen LogP contribution in [0.4, 0.5) is 9.52 Å². The summed E-state index contributed by atoms with van der Waals surface area (Å²) in [6.45, 7) is 0. The van der Waals surface area contributed by atoms with E-state index in [1.165, 1.54) is 17.4 Å². The van der Waals surface area contributed by atoms with Crippen LogP contribution in [0.5, 0.6) is 0 Å². The molecule has 0 atom stereocenters. The van der Waals surface area contributed by atoms with Gasteiger partial charge in [-0.1, -0.05) is 22.0 Å². The van der Waals surface area contributed by atoms with Gasteiger partial charge in [0.05, 0.1) is 5.69 Å². The molecule has 0 radical (unpaired) electrons. The number of carbonyl (C=O) groups excluding carboxylic acids is 2. The number of benzene rings is 1. The number of aryl methyl sites for hydroxylation is 1. The molecule has 3 aromatic rings. The quantitative estimate of drug-likeness (QED) is 0.548. The van der Waals surface area contributed by atoms with E-state index in [-0.39, 0.29) is 23.8 Å². The van der Waals surface area contributed by atoms with Gasteiger partial charge in [0.1, 0.15) is 11.5 Å². The summed E-state index contributed by atoms with van der Waals surface area (Å²) in [5.41, 5.74) is 7.29. The van der Waals surface area contributed by atoms with Gasteiger partial charge in [0, 0.05) is 28.0 Å². The number of halogens is 2. The van der Waals surface area contributed by atoms with Crippen molar-refractivity contribution >= 4 is 44.2 Å².